The van der Waals surface area contributed by atoms with Gasteiger partial charge < -0.3 is 10.1 Å². The molecule has 29 heavy (non-hydrogen) atoms. The van der Waals surface area contributed by atoms with Crippen LogP contribution in [-0.2, 0) is 6.54 Å². The van der Waals surface area contributed by atoms with Gasteiger partial charge in [-0.3, -0.25) is 9.36 Å². The minimum atomic E-state index is -0.104. The molecule has 0 atom stereocenters. The predicted molar refractivity (Wildman–Crippen MR) is 118 cm³/mol. The third kappa shape index (κ3) is 4.00. The maximum Gasteiger partial charge on any atom is 0.259 e. The molecular weight excluding hydrogens is 386 g/mol. The standard InChI is InChI=1S/C23H23N3O2.ClH/c1-28-18-7-8-19-20(13-18)22(17-5-3-2-4-6-17)21(14-24)26(23(19)27)15-16-9-11-25-12-10-16;/h2-8,13,16,25H,9-12,15H2,1H3;1H. The number of rotatable bonds is 4. The molecule has 0 unspecified atom stereocenters. The number of halogens is 1. The summed E-state index contributed by atoms with van der Waals surface area (Å²) in [5, 5.41) is 14.8. The van der Waals surface area contributed by atoms with E-state index < -0.39 is 0 Å². The fourth-order valence-electron chi connectivity index (χ4n) is 4.06. The molecule has 6 heteroatoms. The largest absolute Gasteiger partial charge is 0.497 e. The van der Waals surface area contributed by atoms with Gasteiger partial charge in [-0.15, -0.1) is 12.4 Å². The first-order chi connectivity index (χ1) is 13.7. The summed E-state index contributed by atoms with van der Waals surface area (Å²) in [4.78, 5) is 13.3. The highest BCUT2D eigenvalue weighted by atomic mass is 35.5. The maximum atomic E-state index is 13.3. The van der Waals surface area contributed by atoms with Gasteiger partial charge in [0.1, 0.15) is 17.5 Å². The molecule has 1 N–H and O–H groups in total. The third-order valence-corrected chi connectivity index (χ3v) is 5.55. The van der Waals surface area contributed by atoms with E-state index in [4.69, 9.17) is 4.74 Å². The van der Waals surface area contributed by atoms with E-state index in [2.05, 4.69) is 11.4 Å². The van der Waals surface area contributed by atoms with Crippen LogP contribution in [0.4, 0.5) is 0 Å². The molecule has 4 rings (SSSR count). The van der Waals surface area contributed by atoms with Gasteiger partial charge in [0.25, 0.3) is 5.56 Å². The second-order valence-electron chi connectivity index (χ2n) is 7.22. The van der Waals surface area contributed by atoms with E-state index in [1.165, 1.54) is 0 Å². The van der Waals surface area contributed by atoms with E-state index in [1.807, 2.05) is 42.5 Å². The van der Waals surface area contributed by atoms with Gasteiger partial charge in [-0.1, -0.05) is 30.3 Å². The van der Waals surface area contributed by atoms with Crippen molar-refractivity contribution in [3.63, 3.8) is 0 Å². The summed E-state index contributed by atoms with van der Waals surface area (Å²) in [6.07, 6.45) is 2.03. The topological polar surface area (TPSA) is 67.0 Å². The van der Waals surface area contributed by atoms with Crippen molar-refractivity contribution in [3.05, 3.63) is 64.6 Å². The van der Waals surface area contributed by atoms with Crippen molar-refractivity contribution in [2.45, 2.75) is 19.4 Å². The Balaban J connectivity index is 0.00000240. The molecule has 0 saturated carbocycles. The molecule has 1 aliphatic rings. The zero-order valence-corrected chi connectivity index (χ0v) is 17.2. The number of fused-ring (bicyclic) bond motifs is 1. The van der Waals surface area contributed by atoms with E-state index in [-0.39, 0.29) is 18.0 Å². The first-order valence-electron chi connectivity index (χ1n) is 9.63. The van der Waals surface area contributed by atoms with Crippen molar-refractivity contribution in [1.29, 1.82) is 5.26 Å². The van der Waals surface area contributed by atoms with Crippen LogP contribution >= 0.6 is 12.4 Å². The highest BCUT2D eigenvalue weighted by molar-refractivity contribution is 5.99. The first kappa shape index (κ1) is 20.9. The molecule has 0 radical (unpaired) electrons. The zero-order valence-electron chi connectivity index (χ0n) is 16.4. The van der Waals surface area contributed by atoms with Crippen molar-refractivity contribution in [2.24, 2.45) is 5.92 Å². The summed E-state index contributed by atoms with van der Waals surface area (Å²) < 4.78 is 7.07. The van der Waals surface area contributed by atoms with Crippen LogP contribution in [0.2, 0.25) is 0 Å². The van der Waals surface area contributed by atoms with E-state index in [0.29, 0.717) is 29.3 Å². The fraction of sp³-hybridized carbons (Fsp3) is 0.304. The molecule has 0 spiro atoms. The Morgan fingerprint density at radius 1 is 1.14 bits per heavy atom. The minimum absolute atomic E-state index is 0. The highest BCUT2D eigenvalue weighted by Gasteiger charge is 2.22. The second-order valence-corrected chi connectivity index (χ2v) is 7.22. The average molecular weight is 410 g/mol. The minimum Gasteiger partial charge on any atom is -0.497 e. The summed E-state index contributed by atoms with van der Waals surface area (Å²) in [6.45, 7) is 2.49. The number of hydrogen-bond acceptors (Lipinski definition) is 4. The third-order valence-electron chi connectivity index (χ3n) is 5.55. The quantitative estimate of drug-likeness (QED) is 0.708. The van der Waals surface area contributed by atoms with Crippen molar-refractivity contribution in [2.75, 3.05) is 20.2 Å². The number of pyridine rings is 1. The normalized spacial score (nSPS) is 14.2. The lowest BCUT2D eigenvalue weighted by atomic mass is 9.94. The molecule has 0 amide bonds. The molecule has 2 heterocycles. The molecule has 0 bridgehead atoms. The van der Waals surface area contributed by atoms with Gasteiger partial charge in [-0.05, 0) is 55.6 Å². The molecule has 2 aromatic carbocycles. The lowest BCUT2D eigenvalue weighted by Gasteiger charge is -2.25. The van der Waals surface area contributed by atoms with Crippen molar-refractivity contribution in [1.82, 2.24) is 9.88 Å². The molecule has 1 fully saturated rings. The van der Waals surface area contributed by atoms with Crippen molar-refractivity contribution >= 4 is 23.2 Å². The summed E-state index contributed by atoms with van der Waals surface area (Å²) in [5.74, 6) is 1.06. The van der Waals surface area contributed by atoms with Gasteiger partial charge in [0, 0.05) is 22.9 Å². The van der Waals surface area contributed by atoms with Crippen LogP contribution in [0.15, 0.2) is 53.3 Å². The van der Waals surface area contributed by atoms with Crippen LogP contribution in [0.5, 0.6) is 5.75 Å². The van der Waals surface area contributed by atoms with E-state index in [1.54, 1.807) is 17.7 Å². The molecule has 3 aromatic rings. The second kappa shape index (κ2) is 9.13. The van der Waals surface area contributed by atoms with Gasteiger partial charge in [0.05, 0.1) is 7.11 Å². The Kier molecular flexibility index (Phi) is 6.58. The summed E-state index contributed by atoms with van der Waals surface area (Å²) in [7, 11) is 1.60. The van der Waals surface area contributed by atoms with Crippen LogP contribution in [0.1, 0.15) is 18.5 Å². The number of benzene rings is 2. The monoisotopic (exact) mass is 409 g/mol. The lowest BCUT2D eigenvalue weighted by molar-refractivity contribution is 0.329. The van der Waals surface area contributed by atoms with E-state index in [9.17, 15) is 10.1 Å². The van der Waals surface area contributed by atoms with Crippen molar-refractivity contribution in [3.8, 4) is 22.9 Å². The first-order valence-corrected chi connectivity index (χ1v) is 9.63. The zero-order chi connectivity index (χ0) is 19.5. The van der Waals surface area contributed by atoms with Gasteiger partial charge in [0.2, 0.25) is 0 Å². The summed E-state index contributed by atoms with van der Waals surface area (Å²) in [5.41, 5.74) is 2.05. The summed E-state index contributed by atoms with van der Waals surface area (Å²) >= 11 is 0. The smallest absolute Gasteiger partial charge is 0.259 e. The Morgan fingerprint density at radius 2 is 1.86 bits per heavy atom. The Labute approximate surface area is 176 Å². The molecule has 150 valence electrons. The molecule has 1 aromatic heterocycles. The number of nitrogens with zero attached hydrogens (tertiary/aromatic N) is 2. The molecule has 5 nitrogen and oxygen atoms in total. The number of hydrogen-bond donors (Lipinski definition) is 1. The van der Waals surface area contributed by atoms with Gasteiger partial charge >= 0.3 is 0 Å². The van der Waals surface area contributed by atoms with Crippen molar-refractivity contribution < 1.29 is 4.74 Å². The van der Waals surface area contributed by atoms with Gasteiger partial charge in [0.15, 0.2) is 0 Å². The lowest BCUT2D eigenvalue weighted by Crippen LogP contribution is -2.33. The number of aromatic nitrogens is 1. The predicted octanol–water partition coefficient (Wildman–Crippen LogP) is 3.97. The number of ether oxygens (including phenoxy) is 1. The van der Waals surface area contributed by atoms with E-state index >= 15 is 0 Å². The maximum absolute atomic E-state index is 13.3. The number of piperidine rings is 1. The SMILES string of the molecule is COc1ccc2c(=O)n(CC3CCNCC3)c(C#N)c(-c3ccccc3)c2c1.Cl. The van der Waals surface area contributed by atoms with Crippen LogP contribution in [0.3, 0.4) is 0 Å². The molecule has 0 aliphatic carbocycles. The Hall–Kier alpha value is -2.81. The van der Waals surface area contributed by atoms with E-state index in [0.717, 1.165) is 42.4 Å². The van der Waals surface area contributed by atoms with Gasteiger partial charge in [-0.2, -0.15) is 5.26 Å². The number of nitrogens with one attached hydrogen (secondary N) is 1. The van der Waals surface area contributed by atoms with Crippen LogP contribution in [0.25, 0.3) is 21.9 Å². The fourth-order valence-corrected chi connectivity index (χ4v) is 4.06. The summed E-state index contributed by atoms with van der Waals surface area (Å²) in [6, 6.07) is 17.6. The number of methoxy groups -OCH3 is 1. The Morgan fingerprint density at radius 3 is 2.52 bits per heavy atom. The van der Waals surface area contributed by atoms with Crippen LogP contribution in [-0.4, -0.2) is 24.8 Å². The molecule has 1 aliphatic heterocycles. The number of nitriles is 1. The van der Waals surface area contributed by atoms with Gasteiger partial charge in [-0.25, -0.2) is 0 Å². The molecular formula is C23H24ClN3O2. The van der Waals surface area contributed by atoms with Crippen LogP contribution in [0, 0.1) is 17.2 Å². The molecule has 1 saturated heterocycles. The Bertz CT molecular complexity index is 1100. The highest BCUT2D eigenvalue weighted by Crippen LogP contribution is 2.33. The van der Waals surface area contributed by atoms with Crippen LogP contribution < -0.4 is 15.6 Å². The average Bonchev–Trinajstić information content (AvgIpc) is 2.76.